The summed E-state index contributed by atoms with van der Waals surface area (Å²) in [6, 6.07) is 15.2. The van der Waals surface area contributed by atoms with E-state index in [9.17, 15) is 4.79 Å². The van der Waals surface area contributed by atoms with Gasteiger partial charge < -0.3 is 9.64 Å². The molecule has 0 fully saturated rings. The van der Waals surface area contributed by atoms with Crippen molar-refractivity contribution in [3.63, 3.8) is 0 Å². The molecule has 0 saturated heterocycles. The molecule has 136 valence electrons. The maximum absolute atomic E-state index is 12.7. The van der Waals surface area contributed by atoms with Crippen molar-refractivity contribution in [2.24, 2.45) is 0 Å². The molecule has 5 nitrogen and oxygen atoms in total. The van der Waals surface area contributed by atoms with Gasteiger partial charge >= 0.3 is 0 Å². The van der Waals surface area contributed by atoms with Gasteiger partial charge in [0.05, 0.1) is 28.0 Å². The Labute approximate surface area is 164 Å². The largest absolute Gasteiger partial charge is 0.487 e. The molecule has 2 heterocycles. The van der Waals surface area contributed by atoms with Gasteiger partial charge in [0.25, 0.3) is 5.91 Å². The number of fused-ring (bicyclic) bond motifs is 1. The molecule has 4 rings (SSSR count). The fraction of sp³-hybridized carbons (Fsp3) is 0.150. The lowest BCUT2D eigenvalue weighted by Crippen LogP contribution is -2.26. The van der Waals surface area contributed by atoms with Crippen LogP contribution in [-0.4, -0.2) is 27.8 Å². The molecule has 0 spiro atoms. The van der Waals surface area contributed by atoms with Gasteiger partial charge in [-0.05, 0) is 36.4 Å². The number of para-hydroxylation sites is 1. The van der Waals surface area contributed by atoms with Crippen LogP contribution in [-0.2, 0) is 13.2 Å². The molecule has 0 radical (unpaired) electrons. The van der Waals surface area contributed by atoms with Gasteiger partial charge in [0.15, 0.2) is 0 Å². The van der Waals surface area contributed by atoms with Gasteiger partial charge in [-0.25, -0.2) is 9.97 Å². The maximum atomic E-state index is 12.7. The van der Waals surface area contributed by atoms with E-state index in [0.717, 1.165) is 20.9 Å². The molecule has 0 bridgehead atoms. The first kappa shape index (κ1) is 17.6. The molecule has 0 atom stereocenters. The van der Waals surface area contributed by atoms with Crippen molar-refractivity contribution in [2.45, 2.75) is 13.2 Å². The van der Waals surface area contributed by atoms with Crippen LogP contribution < -0.4 is 4.74 Å². The van der Waals surface area contributed by atoms with Crippen molar-refractivity contribution in [1.82, 2.24) is 14.9 Å². The lowest BCUT2D eigenvalue weighted by atomic mass is 10.2. The number of amides is 1. The Morgan fingerprint density at radius 1 is 1.15 bits per heavy atom. The van der Waals surface area contributed by atoms with Crippen LogP contribution in [0.1, 0.15) is 21.1 Å². The van der Waals surface area contributed by atoms with Gasteiger partial charge in [-0.1, -0.05) is 12.1 Å². The van der Waals surface area contributed by atoms with Gasteiger partial charge in [-0.2, -0.15) is 0 Å². The molecule has 4 aromatic rings. The third kappa shape index (κ3) is 4.15. The minimum atomic E-state index is -0.0414. The van der Waals surface area contributed by atoms with Crippen LogP contribution in [0.15, 0.2) is 59.4 Å². The van der Waals surface area contributed by atoms with E-state index in [1.54, 1.807) is 52.3 Å². The first-order valence-electron chi connectivity index (χ1n) is 8.39. The molecule has 0 N–H and O–H groups in total. The van der Waals surface area contributed by atoms with Crippen LogP contribution in [0.5, 0.6) is 5.75 Å². The van der Waals surface area contributed by atoms with Crippen molar-refractivity contribution in [1.29, 1.82) is 0 Å². The van der Waals surface area contributed by atoms with Crippen molar-refractivity contribution in [3.05, 3.63) is 75.7 Å². The van der Waals surface area contributed by atoms with E-state index in [0.29, 0.717) is 24.5 Å². The number of carbonyl (C=O) groups is 1. The highest BCUT2D eigenvalue weighted by atomic mass is 32.1. The van der Waals surface area contributed by atoms with Crippen LogP contribution in [0.25, 0.3) is 10.2 Å². The normalized spacial score (nSPS) is 10.9. The molecule has 2 aromatic heterocycles. The topological polar surface area (TPSA) is 55.3 Å². The summed E-state index contributed by atoms with van der Waals surface area (Å²) in [6.45, 7) is 0.911. The van der Waals surface area contributed by atoms with Gasteiger partial charge in [-0.3, -0.25) is 4.79 Å². The Balaban J connectivity index is 1.39. The quantitative estimate of drug-likeness (QED) is 0.479. The zero-order valence-corrected chi connectivity index (χ0v) is 16.3. The fourth-order valence-corrected chi connectivity index (χ4v) is 4.21. The molecule has 7 heteroatoms. The Hall–Kier alpha value is -2.77. The van der Waals surface area contributed by atoms with E-state index < -0.39 is 0 Å². The van der Waals surface area contributed by atoms with Gasteiger partial charge in [0, 0.05) is 18.0 Å². The number of ether oxygens (including phenoxy) is 1. The van der Waals surface area contributed by atoms with Crippen LogP contribution >= 0.6 is 22.7 Å². The highest BCUT2D eigenvalue weighted by Gasteiger charge is 2.14. The van der Waals surface area contributed by atoms with Gasteiger partial charge in [0.2, 0.25) is 0 Å². The van der Waals surface area contributed by atoms with Gasteiger partial charge in [-0.15, -0.1) is 22.7 Å². The van der Waals surface area contributed by atoms with Gasteiger partial charge in [0.1, 0.15) is 17.4 Å². The second kappa shape index (κ2) is 7.85. The number of aromatic nitrogens is 2. The number of carbonyl (C=O) groups excluding carboxylic acids is 1. The summed E-state index contributed by atoms with van der Waals surface area (Å²) in [5.74, 6) is 0.675. The number of thiazole rings is 2. The van der Waals surface area contributed by atoms with E-state index in [2.05, 4.69) is 9.97 Å². The zero-order chi connectivity index (χ0) is 18.6. The standard InChI is InChI=1S/C20H17N3O2S2/c1-23(10-19-22-17-4-2-3-5-18(17)27-19)20(24)14-6-8-16(9-7-14)25-11-15-12-26-13-21-15/h2-9,12-13H,10-11H2,1H3. The lowest BCUT2D eigenvalue weighted by molar-refractivity contribution is 0.0785. The zero-order valence-electron chi connectivity index (χ0n) is 14.7. The second-order valence-corrected chi connectivity index (χ2v) is 7.86. The SMILES string of the molecule is CN(Cc1nc2ccccc2s1)C(=O)c1ccc(OCc2cscn2)cc1. The molecule has 0 unspecified atom stereocenters. The predicted molar refractivity (Wildman–Crippen MR) is 108 cm³/mol. The second-order valence-electron chi connectivity index (χ2n) is 6.03. The first-order chi connectivity index (χ1) is 13.2. The molecule has 0 aliphatic heterocycles. The van der Waals surface area contributed by atoms with Crippen LogP contribution in [0.3, 0.4) is 0 Å². The van der Waals surface area contributed by atoms with Crippen molar-refractivity contribution in [3.8, 4) is 5.75 Å². The number of rotatable bonds is 6. The van der Waals surface area contributed by atoms with E-state index >= 15 is 0 Å². The third-order valence-electron chi connectivity index (χ3n) is 4.03. The summed E-state index contributed by atoms with van der Waals surface area (Å²) in [4.78, 5) is 23.1. The number of hydrogen-bond acceptors (Lipinski definition) is 6. The minimum absolute atomic E-state index is 0.0414. The molecule has 2 aromatic carbocycles. The summed E-state index contributed by atoms with van der Waals surface area (Å²) < 4.78 is 6.82. The first-order valence-corrected chi connectivity index (χ1v) is 10.1. The average molecular weight is 396 g/mol. The summed E-state index contributed by atoms with van der Waals surface area (Å²) >= 11 is 3.16. The monoisotopic (exact) mass is 395 g/mol. The summed E-state index contributed by atoms with van der Waals surface area (Å²) in [6.07, 6.45) is 0. The average Bonchev–Trinajstić information content (AvgIpc) is 3.35. The summed E-state index contributed by atoms with van der Waals surface area (Å²) in [5, 5.41) is 2.88. The molecule has 1 amide bonds. The Morgan fingerprint density at radius 3 is 2.70 bits per heavy atom. The lowest BCUT2D eigenvalue weighted by Gasteiger charge is -2.16. The number of nitrogens with zero attached hydrogens (tertiary/aromatic N) is 3. The van der Waals surface area contributed by atoms with E-state index in [4.69, 9.17) is 4.74 Å². The van der Waals surface area contributed by atoms with Crippen LogP contribution in [0.2, 0.25) is 0 Å². The Bertz CT molecular complexity index is 1010. The molecular weight excluding hydrogens is 378 g/mol. The molecule has 0 saturated carbocycles. The van der Waals surface area contributed by atoms with E-state index in [1.807, 2.05) is 41.8 Å². The van der Waals surface area contributed by atoms with Crippen molar-refractivity contribution < 1.29 is 9.53 Å². The van der Waals surface area contributed by atoms with E-state index in [1.165, 1.54) is 0 Å². The molecule has 0 aliphatic carbocycles. The third-order valence-corrected chi connectivity index (χ3v) is 5.69. The van der Waals surface area contributed by atoms with Crippen LogP contribution in [0, 0.1) is 0 Å². The molecule has 0 aliphatic rings. The van der Waals surface area contributed by atoms with Crippen LogP contribution in [0.4, 0.5) is 0 Å². The predicted octanol–water partition coefficient (Wildman–Crippen LogP) is 4.60. The van der Waals surface area contributed by atoms with Crippen molar-refractivity contribution in [2.75, 3.05) is 7.05 Å². The number of hydrogen-bond donors (Lipinski definition) is 0. The minimum Gasteiger partial charge on any atom is -0.487 e. The highest BCUT2D eigenvalue weighted by molar-refractivity contribution is 7.18. The molecular formula is C20H17N3O2S2. The smallest absolute Gasteiger partial charge is 0.253 e. The summed E-state index contributed by atoms with van der Waals surface area (Å²) in [5.41, 5.74) is 4.28. The Kier molecular flexibility index (Phi) is 5.13. The van der Waals surface area contributed by atoms with Crippen molar-refractivity contribution >= 4 is 38.8 Å². The summed E-state index contributed by atoms with van der Waals surface area (Å²) in [7, 11) is 1.79. The van der Waals surface area contributed by atoms with E-state index in [-0.39, 0.29) is 5.91 Å². The number of benzene rings is 2. The Morgan fingerprint density at radius 2 is 1.96 bits per heavy atom. The highest BCUT2D eigenvalue weighted by Crippen LogP contribution is 2.23. The fourth-order valence-electron chi connectivity index (χ4n) is 2.64. The molecule has 27 heavy (non-hydrogen) atoms. The maximum Gasteiger partial charge on any atom is 0.253 e.